The van der Waals surface area contributed by atoms with Gasteiger partial charge in [0.2, 0.25) is 5.95 Å². The molecular weight excluding hydrogens is 308 g/mol. The average Bonchev–Trinajstić information content (AvgIpc) is 3.17. The molecule has 4 rings (SSSR count). The second kappa shape index (κ2) is 5.99. The Bertz CT molecular complexity index is 631. The van der Waals surface area contributed by atoms with Crippen LogP contribution in [0.4, 0.5) is 22.4 Å². The number of rotatable bonds is 3. The van der Waals surface area contributed by atoms with Crippen molar-refractivity contribution in [3.8, 4) is 0 Å². The lowest BCUT2D eigenvalue weighted by atomic mass is 9.95. The van der Waals surface area contributed by atoms with Crippen LogP contribution < -0.4 is 16.0 Å². The highest BCUT2D eigenvalue weighted by molar-refractivity contribution is 5.65. The van der Waals surface area contributed by atoms with E-state index in [0.29, 0.717) is 32.2 Å². The van der Waals surface area contributed by atoms with Gasteiger partial charge in [-0.3, -0.25) is 0 Å². The summed E-state index contributed by atoms with van der Waals surface area (Å²) in [7, 11) is 0. The van der Waals surface area contributed by atoms with E-state index in [9.17, 15) is 4.79 Å². The molecule has 4 N–H and O–H groups in total. The van der Waals surface area contributed by atoms with Crippen molar-refractivity contribution in [2.45, 2.75) is 31.7 Å². The van der Waals surface area contributed by atoms with Gasteiger partial charge in [0.25, 0.3) is 0 Å². The Kier molecular flexibility index (Phi) is 3.82. The van der Waals surface area contributed by atoms with Crippen LogP contribution in [0.25, 0.3) is 0 Å². The molecule has 2 heterocycles. The van der Waals surface area contributed by atoms with E-state index in [4.69, 9.17) is 10.8 Å². The third-order valence-corrected chi connectivity index (χ3v) is 5.68. The van der Waals surface area contributed by atoms with Gasteiger partial charge in [0.05, 0.1) is 0 Å². The van der Waals surface area contributed by atoms with E-state index in [2.05, 4.69) is 20.2 Å². The first-order valence-corrected chi connectivity index (χ1v) is 8.72. The molecule has 0 spiro atoms. The molecule has 2 saturated carbocycles. The molecule has 1 saturated heterocycles. The fraction of sp³-hybridized carbons (Fsp3) is 0.688. The number of nitrogens with two attached hydrogens (primary N) is 1. The number of hydrogen-bond donors (Lipinski definition) is 3. The molecule has 8 heteroatoms. The summed E-state index contributed by atoms with van der Waals surface area (Å²) in [6, 6.07) is 2.44. The second-order valence-corrected chi connectivity index (χ2v) is 7.15. The van der Waals surface area contributed by atoms with Crippen molar-refractivity contribution >= 4 is 23.7 Å². The fourth-order valence-corrected chi connectivity index (χ4v) is 4.43. The van der Waals surface area contributed by atoms with E-state index in [1.54, 1.807) is 0 Å². The SMILES string of the molecule is Nc1nc(NC2CC3CCC2C3)cc(N2CCN(C(=O)O)CC2)n1. The molecule has 2 aliphatic carbocycles. The van der Waals surface area contributed by atoms with Gasteiger partial charge in [0.15, 0.2) is 0 Å². The highest BCUT2D eigenvalue weighted by Crippen LogP contribution is 2.45. The van der Waals surface area contributed by atoms with E-state index in [-0.39, 0.29) is 5.95 Å². The number of amides is 1. The number of piperazine rings is 1. The zero-order chi connectivity index (χ0) is 16.7. The van der Waals surface area contributed by atoms with E-state index in [1.165, 1.54) is 30.6 Å². The molecule has 3 atom stereocenters. The van der Waals surface area contributed by atoms with E-state index in [1.807, 2.05) is 6.07 Å². The van der Waals surface area contributed by atoms with Gasteiger partial charge in [-0.05, 0) is 31.1 Å². The molecular formula is C16H24N6O2. The summed E-state index contributed by atoms with van der Waals surface area (Å²) >= 11 is 0. The summed E-state index contributed by atoms with van der Waals surface area (Å²) in [5.74, 6) is 3.46. The minimum Gasteiger partial charge on any atom is -0.465 e. The fourth-order valence-electron chi connectivity index (χ4n) is 4.43. The summed E-state index contributed by atoms with van der Waals surface area (Å²) < 4.78 is 0. The van der Waals surface area contributed by atoms with Gasteiger partial charge in [-0.15, -0.1) is 0 Å². The number of anilines is 3. The van der Waals surface area contributed by atoms with Gasteiger partial charge in [-0.2, -0.15) is 9.97 Å². The summed E-state index contributed by atoms with van der Waals surface area (Å²) in [5.41, 5.74) is 5.90. The Labute approximate surface area is 141 Å². The lowest BCUT2D eigenvalue weighted by molar-refractivity contribution is 0.142. The summed E-state index contributed by atoms with van der Waals surface area (Å²) in [6.07, 6.45) is 4.37. The third kappa shape index (κ3) is 2.92. The molecule has 1 aromatic heterocycles. The number of aromatic nitrogens is 2. The maximum absolute atomic E-state index is 11.0. The van der Waals surface area contributed by atoms with Gasteiger partial charge in [-0.25, -0.2) is 4.79 Å². The van der Waals surface area contributed by atoms with Gasteiger partial charge in [0, 0.05) is 38.3 Å². The van der Waals surface area contributed by atoms with Crippen LogP contribution in [0.15, 0.2) is 6.07 Å². The van der Waals surface area contributed by atoms with Crippen molar-refractivity contribution in [3.63, 3.8) is 0 Å². The molecule has 130 valence electrons. The monoisotopic (exact) mass is 332 g/mol. The standard InChI is InChI=1S/C16H24N6O2/c17-15-19-13(18-12-8-10-1-2-11(12)7-10)9-14(20-15)21-3-5-22(6-4-21)16(23)24/h9-12H,1-8H2,(H,23,24)(H3,17,18,19,20). The molecule has 3 fully saturated rings. The topological polar surface area (TPSA) is 108 Å². The highest BCUT2D eigenvalue weighted by atomic mass is 16.4. The lowest BCUT2D eigenvalue weighted by Gasteiger charge is -2.34. The number of nitrogens with zero attached hydrogens (tertiary/aromatic N) is 4. The number of nitrogen functional groups attached to an aromatic ring is 1. The number of nitrogens with one attached hydrogen (secondary N) is 1. The van der Waals surface area contributed by atoms with Crippen molar-refractivity contribution in [2.75, 3.05) is 42.1 Å². The first-order chi connectivity index (χ1) is 11.6. The molecule has 1 aliphatic heterocycles. The van der Waals surface area contributed by atoms with Crippen LogP contribution in [0.3, 0.4) is 0 Å². The first kappa shape index (κ1) is 15.3. The zero-order valence-corrected chi connectivity index (χ0v) is 13.7. The molecule has 1 aromatic rings. The van der Waals surface area contributed by atoms with Crippen molar-refractivity contribution in [3.05, 3.63) is 6.07 Å². The minimum atomic E-state index is -0.865. The molecule has 0 radical (unpaired) electrons. The number of fused-ring (bicyclic) bond motifs is 2. The summed E-state index contributed by atoms with van der Waals surface area (Å²) in [5, 5.41) is 12.6. The van der Waals surface area contributed by atoms with E-state index >= 15 is 0 Å². The van der Waals surface area contributed by atoms with Gasteiger partial charge in [-0.1, -0.05) is 6.42 Å². The summed E-state index contributed by atoms with van der Waals surface area (Å²) in [6.45, 7) is 2.20. The third-order valence-electron chi connectivity index (χ3n) is 5.68. The Morgan fingerprint density at radius 3 is 2.62 bits per heavy atom. The molecule has 0 aromatic carbocycles. The van der Waals surface area contributed by atoms with Crippen molar-refractivity contribution in [1.82, 2.24) is 14.9 Å². The largest absolute Gasteiger partial charge is 0.465 e. The Morgan fingerprint density at radius 2 is 2.00 bits per heavy atom. The predicted octanol–water partition coefficient (Wildman–Crippen LogP) is 1.46. The quantitative estimate of drug-likeness (QED) is 0.769. The van der Waals surface area contributed by atoms with Gasteiger partial charge >= 0.3 is 6.09 Å². The highest BCUT2D eigenvalue weighted by Gasteiger charge is 2.39. The summed E-state index contributed by atoms with van der Waals surface area (Å²) in [4.78, 5) is 23.2. The normalized spacial score (nSPS) is 29.1. The molecule has 1 amide bonds. The van der Waals surface area contributed by atoms with E-state index in [0.717, 1.165) is 23.5 Å². The van der Waals surface area contributed by atoms with Crippen LogP contribution in [0.1, 0.15) is 25.7 Å². The average molecular weight is 332 g/mol. The number of hydrogen-bond acceptors (Lipinski definition) is 6. The van der Waals surface area contributed by atoms with Crippen LogP contribution in [0.5, 0.6) is 0 Å². The Hall–Kier alpha value is -2.25. The minimum absolute atomic E-state index is 0.263. The predicted molar refractivity (Wildman–Crippen MR) is 91.1 cm³/mol. The van der Waals surface area contributed by atoms with Crippen LogP contribution in [-0.2, 0) is 0 Å². The molecule has 3 unspecified atom stereocenters. The molecule has 2 bridgehead atoms. The van der Waals surface area contributed by atoms with Crippen LogP contribution in [-0.4, -0.2) is 58.3 Å². The Balaban J connectivity index is 1.45. The van der Waals surface area contributed by atoms with Crippen LogP contribution in [0.2, 0.25) is 0 Å². The van der Waals surface area contributed by atoms with Crippen LogP contribution in [0, 0.1) is 11.8 Å². The lowest BCUT2D eigenvalue weighted by Crippen LogP contribution is -2.48. The maximum Gasteiger partial charge on any atom is 0.407 e. The van der Waals surface area contributed by atoms with E-state index < -0.39 is 6.09 Å². The van der Waals surface area contributed by atoms with Crippen molar-refractivity contribution in [1.29, 1.82) is 0 Å². The van der Waals surface area contributed by atoms with Crippen molar-refractivity contribution < 1.29 is 9.90 Å². The molecule has 3 aliphatic rings. The first-order valence-electron chi connectivity index (χ1n) is 8.72. The zero-order valence-electron chi connectivity index (χ0n) is 13.7. The smallest absolute Gasteiger partial charge is 0.407 e. The van der Waals surface area contributed by atoms with Crippen molar-refractivity contribution in [2.24, 2.45) is 11.8 Å². The Morgan fingerprint density at radius 1 is 1.21 bits per heavy atom. The van der Waals surface area contributed by atoms with Gasteiger partial charge in [0.1, 0.15) is 11.6 Å². The van der Waals surface area contributed by atoms with Gasteiger partial charge < -0.3 is 26.0 Å². The second-order valence-electron chi connectivity index (χ2n) is 7.15. The van der Waals surface area contributed by atoms with Crippen LogP contribution >= 0.6 is 0 Å². The number of carboxylic acid groups (broad SMARTS) is 1. The molecule has 8 nitrogen and oxygen atoms in total. The number of carbonyl (C=O) groups is 1. The maximum atomic E-state index is 11.0. The molecule has 24 heavy (non-hydrogen) atoms.